The molecule has 1 aromatic carbocycles. The molecule has 0 aliphatic rings. The van der Waals surface area contributed by atoms with Gasteiger partial charge in [-0.15, -0.1) is 0 Å². The number of nitrogens with zero attached hydrogens (tertiary/aromatic N) is 2. The summed E-state index contributed by atoms with van der Waals surface area (Å²) in [7, 11) is 0. The lowest BCUT2D eigenvalue weighted by Crippen LogP contribution is -1.92. The van der Waals surface area contributed by atoms with Gasteiger partial charge in [0.2, 0.25) is 0 Å². The monoisotopic (exact) mass is 211 g/mol. The number of aromatic amines is 1. The first-order chi connectivity index (χ1) is 6.29. The lowest BCUT2D eigenvalue weighted by atomic mass is 10.3. The molecule has 0 spiro atoms. The van der Waals surface area contributed by atoms with Crippen LogP contribution in [0.25, 0.3) is 5.69 Å². The smallest absolute Gasteiger partial charge is 0.199 e. The van der Waals surface area contributed by atoms with Gasteiger partial charge in [-0.2, -0.15) is 5.10 Å². The molecule has 0 radical (unpaired) electrons. The number of halogens is 1. The fourth-order valence-corrected chi connectivity index (χ4v) is 1.49. The Morgan fingerprint density at radius 2 is 2.15 bits per heavy atom. The Kier molecular flexibility index (Phi) is 2.16. The molecule has 0 aliphatic heterocycles. The molecule has 1 heterocycles. The molecule has 0 fully saturated rings. The third-order valence-corrected chi connectivity index (χ3v) is 2.27. The summed E-state index contributed by atoms with van der Waals surface area (Å²) in [6, 6.07) is 7.46. The number of H-pyrrole nitrogens is 1. The first-order valence-electron chi connectivity index (χ1n) is 3.66. The molecular weight excluding hydrogens is 206 g/mol. The van der Waals surface area contributed by atoms with Gasteiger partial charge in [-0.05, 0) is 24.4 Å². The number of para-hydroxylation sites is 1. The summed E-state index contributed by atoms with van der Waals surface area (Å²) in [5.74, 6) is 0. The Labute approximate surface area is 85.0 Å². The highest BCUT2D eigenvalue weighted by atomic mass is 35.5. The average molecular weight is 212 g/mol. The Balaban J connectivity index is 2.66. The van der Waals surface area contributed by atoms with Gasteiger partial charge in [0.15, 0.2) is 4.77 Å². The zero-order valence-corrected chi connectivity index (χ0v) is 8.14. The van der Waals surface area contributed by atoms with Gasteiger partial charge in [0.05, 0.1) is 10.7 Å². The second-order valence-corrected chi connectivity index (χ2v) is 3.28. The minimum Gasteiger partial charge on any atom is -0.273 e. The van der Waals surface area contributed by atoms with E-state index in [-0.39, 0.29) is 0 Å². The molecule has 3 nitrogen and oxygen atoms in total. The fraction of sp³-hybridized carbons (Fsp3) is 0. The van der Waals surface area contributed by atoms with Crippen molar-refractivity contribution in [2.45, 2.75) is 0 Å². The SMILES string of the molecule is S=c1[nH]ncn1-c1ccccc1Cl. The molecule has 0 aliphatic carbocycles. The Hall–Kier alpha value is -1.13. The molecule has 2 rings (SSSR count). The van der Waals surface area contributed by atoms with Gasteiger partial charge in [0, 0.05) is 0 Å². The summed E-state index contributed by atoms with van der Waals surface area (Å²) in [6.45, 7) is 0. The number of aromatic nitrogens is 3. The minimum absolute atomic E-state index is 0.535. The molecule has 0 atom stereocenters. The van der Waals surface area contributed by atoms with Crippen molar-refractivity contribution in [3.05, 3.63) is 40.4 Å². The highest BCUT2D eigenvalue weighted by Crippen LogP contribution is 2.18. The van der Waals surface area contributed by atoms with E-state index in [0.29, 0.717) is 9.79 Å². The average Bonchev–Trinajstić information content (AvgIpc) is 2.52. The molecule has 13 heavy (non-hydrogen) atoms. The van der Waals surface area contributed by atoms with Gasteiger partial charge >= 0.3 is 0 Å². The summed E-state index contributed by atoms with van der Waals surface area (Å²) in [6.07, 6.45) is 1.60. The van der Waals surface area contributed by atoms with Gasteiger partial charge < -0.3 is 0 Å². The zero-order chi connectivity index (χ0) is 9.26. The summed E-state index contributed by atoms with van der Waals surface area (Å²) >= 11 is 11.0. The van der Waals surface area contributed by atoms with Gasteiger partial charge in [-0.1, -0.05) is 23.7 Å². The third kappa shape index (κ3) is 1.50. The van der Waals surface area contributed by atoms with Crippen molar-refractivity contribution in [2.75, 3.05) is 0 Å². The number of benzene rings is 1. The normalized spacial score (nSPS) is 10.2. The molecule has 5 heteroatoms. The van der Waals surface area contributed by atoms with Crippen molar-refractivity contribution in [1.82, 2.24) is 14.8 Å². The van der Waals surface area contributed by atoms with Crippen molar-refractivity contribution < 1.29 is 0 Å². The van der Waals surface area contributed by atoms with Crippen LogP contribution >= 0.6 is 23.8 Å². The zero-order valence-electron chi connectivity index (χ0n) is 6.57. The van der Waals surface area contributed by atoms with Gasteiger partial charge in [0.25, 0.3) is 0 Å². The van der Waals surface area contributed by atoms with E-state index in [9.17, 15) is 0 Å². The molecule has 0 unspecified atom stereocenters. The number of nitrogens with one attached hydrogen (secondary N) is 1. The maximum Gasteiger partial charge on any atom is 0.199 e. The van der Waals surface area contributed by atoms with Crippen LogP contribution in [0.5, 0.6) is 0 Å². The van der Waals surface area contributed by atoms with E-state index in [1.807, 2.05) is 24.3 Å². The lowest BCUT2D eigenvalue weighted by Gasteiger charge is -2.02. The van der Waals surface area contributed by atoms with Gasteiger partial charge in [-0.3, -0.25) is 9.67 Å². The first kappa shape index (κ1) is 8.47. The number of hydrogen-bond acceptors (Lipinski definition) is 2. The van der Waals surface area contributed by atoms with Crippen molar-refractivity contribution in [3.63, 3.8) is 0 Å². The van der Waals surface area contributed by atoms with Crippen LogP contribution in [0, 0.1) is 4.77 Å². The highest BCUT2D eigenvalue weighted by Gasteiger charge is 2.01. The van der Waals surface area contributed by atoms with E-state index >= 15 is 0 Å². The molecule has 1 N–H and O–H groups in total. The van der Waals surface area contributed by atoms with Crippen LogP contribution in [0.1, 0.15) is 0 Å². The predicted molar refractivity (Wildman–Crippen MR) is 53.8 cm³/mol. The van der Waals surface area contributed by atoms with Crippen LogP contribution in [0.4, 0.5) is 0 Å². The Morgan fingerprint density at radius 3 is 2.77 bits per heavy atom. The largest absolute Gasteiger partial charge is 0.273 e. The second-order valence-electron chi connectivity index (χ2n) is 2.48. The summed E-state index contributed by atoms with van der Waals surface area (Å²) < 4.78 is 2.26. The molecule has 66 valence electrons. The van der Waals surface area contributed by atoms with Gasteiger partial charge in [-0.25, -0.2) is 0 Å². The molecule has 1 aromatic heterocycles. The van der Waals surface area contributed by atoms with Crippen molar-refractivity contribution in [3.8, 4) is 5.69 Å². The number of rotatable bonds is 1. The van der Waals surface area contributed by atoms with Crippen LogP contribution in [-0.2, 0) is 0 Å². The summed E-state index contributed by atoms with van der Waals surface area (Å²) in [5.41, 5.74) is 0.836. The standard InChI is InChI=1S/C8H6ClN3S/c9-6-3-1-2-4-7(6)12-5-10-11-8(12)13/h1-5H,(H,11,13). The third-order valence-electron chi connectivity index (χ3n) is 1.66. The predicted octanol–water partition coefficient (Wildman–Crippen LogP) is 2.58. The van der Waals surface area contributed by atoms with Crippen LogP contribution in [0.3, 0.4) is 0 Å². The van der Waals surface area contributed by atoms with Crippen LogP contribution in [0.2, 0.25) is 5.02 Å². The first-order valence-corrected chi connectivity index (χ1v) is 4.44. The Bertz CT molecular complexity index is 474. The molecular formula is C8H6ClN3S. The fourth-order valence-electron chi connectivity index (χ4n) is 1.07. The van der Waals surface area contributed by atoms with Crippen molar-refractivity contribution >= 4 is 23.8 Å². The molecule has 0 amide bonds. The molecule has 2 aromatic rings. The molecule has 0 bridgehead atoms. The van der Waals surface area contributed by atoms with Crippen LogP contribution in [-0.4, -0.2) is 14.8 Å². The molecule has 0 saturated carbocycles. The highest BCUT2D eigenvalue weighted by molar-refractivity contribution is 7.71. The quantitative estimate of drug-likeness (QED) is 0.736. The van der Waals surface area contributed by atoms with Crippen molar-refractivity contribution in [2.24, 2.45) is 0 Å². The van der Waals surface area contributed by atoms with Gasteiger partial charge in [0.1, 0.15) is 6.33 Å². The van der Waals surface area contributed by atoms with E-state index in [1.165, 1.54) is 0 Å². The van der Waals surface area contributed by atoms with Crippen molar-refractivity contribution in [1.29, 1.82) is 0 Å². The topological polar surface area (TPSA) is 33.6 Å². The Morgan fingerprint density at radius 1 is 1.38 bits per heavy atom. The lowest BCUT2D eigenvalue weighted by molar-refractivity contribution is 1.03. The summed E-state index contributed by atoms with van der Waals surface area (Å²) in [4.78, 5) is 0. The molecule has 0 saturated heterocycles. The maximum absolute atomic E-state index is 5.98. The van der Waals surface area contributed by atoms with E-state index in [4.69, 9.17) is 23.8 Å². The van der Waals surface area contributed by atoms with Crippen LogP contribution < -0.4 is 0 Å². The van der Waals surface area contributed by atoms with Crippen LogP contribution in [0.15, 0.2) is 30.6 Å². The summed E-state index contributed by atoms with van der Waals surface area (Å²) in [5, 5.41) is 7.13. The second kappa shape index (κ2) is 3.32. The maximum atomic E-state index is 5.98. The van der Waals surface area contributed by atoms with E-state index in [1.54, 1.807) is 10.9 Å². The van der Waals surface area contributed by atoms with E-state index < -0.39 is 0 Å². The minimum atomic E-state index is 0.535. The van der Waals surface area contributed by atoms with E-state index in [0.717, 1.165) is 5.69 Å². The van der Waals surface area contributed by atoms with E-state index in [2.05, 4.69) is 10.2 Å². The number of hydrogen-bond donors (Lipinski definition) is 1.